The number of carbonyl (C=O) groups excluding carboxylic acids is 2. The number of cyclic esters (lactones) is 1. The first-order valence-electron chi connectivity index (χ1n) is 5.96. The Morgan fingerprint density at radius 1 is 1.45 bits per heavy atom. The Kier molecular flexibility index (Phi) is 3.45. The number of rotatable bonds is 2. The molecule has 0 saturated heterocycles. The maximum atomic E-state index is 12.3. The second-order valence-corrected chi connectivity index (χ2v) is 4.44. The molecule has 1 amide bonds. The quantitative estimate of drug-likeness (QED) is 0.851. The number of hydrogen-bond acceptors (Lipinski definition) is 3. The van der Waals surface area contributed by atoms with Crippen LogP contribution in [0.15, 0.2) is 6.07 Å². The number of benzene rings is 1. The molecule has 0 radical (unpaired) electrons. The van der Waals surface area contributed by atoms with Crippen molar-refractivity contribution < 1.29 is 27.5 Å². The Hall–Kier alpha value is -2.05. The Morgan fingerprint density at radius 3 is 2.65 bits per heavy atom. The number of nitrogens with one attached hydrogen (secondary N) is 1. The van der Waals surface area contributed by atoms with Crippen molar-refractivity contribution in [2.45, 2.75) is 33.1 Å². The van der Waals surface area contributed by atoms with E-state index in [9.17, 15) is 22.8 Å². The van der Waals surface area contributed by atoms with Crippen molar-refractivity contribution in [3.05, 3.63) is 28.3 Å². The Morgan fingerprint density at radius 2 is 2.10 bits per heavy atom. The van der Waals surface area contributed by atoms with Gasteiger partial charge in [0.1, 0.15) is 6.61 Å². The average molecular weight is 287 g/mol. The van der Waals surface area contributed by atoms with Gasteiger partial charge in [-0.15, -0.1) is 0 Å². The zero-order valence-corrected chi connectivity index (χ0v) is 10.9. The Labute approximate surface area is 112 Å². The maximum Gasteiger partial charge on any atom is 0.471 e. The van der Waals surface area contributed by atoms with Gasteiger partial charge in [-0.1, -0.05) is 6.92 Å². The lowest BCUT2D eigenvalue weighted by molar-refractivity contribution is -0.167. The summed E-state index contributed by atoms with van der Waals surface area (Å²) in [4.78, 5) is 22.7. The van der Waals surface area contributed by atoms with Crippen LogP contribution in [0.1, 0.15) is 34.0 Å². The van der Waals surface area contributed by atoms with Gasteiger partial charge in [-0.05, 0) is 30.5 Å². The third kappa shape index (κ3) is 2.35. The third-order valence-electron chi connectivity index (χ3n) is 3.26. The highest BCUT2D eigenvalue weighted by Crippen LogP contribution is 2.33. The first-order valence-corrected chi connectivity index (χ1v) is 5.96. The fourth-order valence-corrected chi connectivity index (χ4v) is 2.18. The van der Waals surface area contributed by atoms with Crippen LogP contribution >= 0.6 is 0 Å². The summed E-state index contributed by atoms with van der Waals surface area (Å²) < 4.78 is 41.8. The molecule has 0 aliphatic carbocycles. The lowest BCUT2D eigenvalue weighted by Crippen LogP contribution is -2.30. The highest BCUT2D eigenvalue weighted by molar-refractivity contribution is 6.05. The van der Waals surface area contributed by atoms with Crippen molar-refractivity contribution in [1.29, 1.82) is 0 Å². The van der Waals surface area contributed by atoms with Crippen molar-refractivity contribution >= 4 is 17.6 Å². The van der Waals surface area contributed by atoms with E-state index in [4.69, 9.17) is 4.74 Å². The summed E-state index contributed by atoms with van der Waals surface area (Å²) >= 11 is 0. The number of aryl methyl sites for hydroxylation is 1. The Bertz CT molecular complexity index is 594. The number of esters is 1. The summed E-state index contributed by atoms with van der Waals surface area (Å²) in [6.07, 6.45) is -4.44. The molecule has 0 unspecified atom stereocenters. The smallest absolute Gasteiger partial charge is 0.457 e. The predicted molar refractivity (Wildman–Crippen MR) is 64.4 cm³/mol. The molecule has 1 aromatic carbocycles. The molecular formula is C13H12F3NO3. The molecule has 0 aromatic heterocycles. The molecule has 2 rings (SSSR count). The largest absolute Gasteiger partial charge is 0.471 e. The van der Waals surface area contributed by atoms with Crippen LogP contribution in [0.4, 0.5) is 18.9 Å². The van der Waals surface area contributed by atoms with Gasteiger partial charge >= 0.3 is 18.1 Å². The van der Waals surface area contributed by atoms with Crippen molar-refractivity contribution in [1.82, 2.24) is 0 Å². The number of alkyl halides is 3. The molecule has 0 spiro atoms. The molecule has 1 aliphatic heterocycles. The van der Waals surface area contributed by atoms with Crippen molar-refractivity contribution in [3.8, 4) is 0 Å². The second kappa shape index (κ2) is 4.81. The van der Waals surface area contributed by atoms with E-state index >= 15 is 0 Å². The number of anilines is 1. The molecule has 1 aliphatic rings. The maximum absolute atomic E-state index is 12.3. The second-order valence-electron chi connectivity index (χ2n) is 4.44. The van der Waals surface area contributed by atoms with Crippen LogP contribution in [-0.2, 0) is 22.6 Å². The number of halogens is 3. The summed E-state index contributed by atoms with van der Waals surface area (Å²) in [6, 6.07) is 1.39. The normalized spacial score (nSPS) is 13.9. The van der Waals surface area contributed by atoms with E-state index in [2.05, 4.69) is 0 Å². The van der Waals surface area contributed by atoms with Crippen LogP contribution in [0.2, 0.25) is 0 Å². The van der Waals surface area contributed by atoms with Crippen LogP contribution in [0.5, 0.6) is 0 Å². The van der Waals surface area contributed by atoms with Crippen molar-refractivity contribution in [2.75, 3.05) is 5.32 Å². The fourth-order valence-electron chi connectivity index (χ4n) is 2.18. The molecule has 0 fully saturated rings. The molecular weight excluding hydrogens is 275 g/mol. The number of amides is 1. The van der Waals surface area contributed by atoms with E-state index in [-0.39, 0.29) is 17.9 Å². The molecule has 7 heteroatoms. The molecule has 20 heavy (non-hydrogen) atoms. The minimum Gasteiger partial charge on any atom is -0.457 e. The molecule has 1 aromatic rings. The van der Waals surface area contributed by atoms with Gasteiger partial charge in [0.2, 0.25) is 0 Å². The molecule has 1 heterocycles. The van der Waals surface area contributed by atoms with E-state index in [0.29, 0.717) is 12.0 Å². The van der Waals surface area contributed by atoms with Gasteiger partial charge in [0.25, 0.3) is 0 Å². The van der Waals surface area contributed by atoms with Gasteiger partial charge < -0.3 is 10.1 Å². The standard InChI is InChI=1S/C13H12F3NO3/c1-3-7-4-9(17-12(19)13(14,15)16)10-8(6(7)2)5-20-11(10)18/h4H,3,5H2,1-2H3,(H,17,19). The summed E-state index contributed by atoms with van der Waals surface area (Å²) in [7, 11) is 0. The summed E-state index contributed by atoms with van der Waals surface area (Å²) in [5.41, 5.74) is 1.97. The molecule has 0 bridgehead atoms. The molecule has 1 N–H and O–H groups in total. The van der Waals surface area contributed by atoms with Gasteiger partial charge in [0, 0.05) is 5.56 Å². The highest BCUT2D eigenvalue weighted by atomic mass is 19.4. The SMILES string of the molecule is CCc1cc(NC(=O)C(F)(F)F)c2c(c1C)COC2=O. The van der Waals surface area contributed by atoms with Crippen LogP contribution in [0, 0.1) is 6.92 Å². The average Bonchev–Trinajstić information content (AvgIpc) is 2.74. The number of fused-ring (bicyclic) bond motifs is 1. The fraction of sp³-hybridized carbons (Fsp3) is 0.385. The van der Waals surface area contributed by atoms with Crippen molar-refractivity contribution in [2.24, 2.45) is 0 Å². The van der Waals surface area contributed by atoms with Gasteiger partial charge in [-0.25, -0.2) is 4.79 Å². The predicted octanol–water partition coefficient (Wildman–Crippen LogP) is 2.73. The monoisotopic (exact) mass is 287 g/mol. The molecule has 4 nitrogen and oxygen atoms in total. The lowest BCUT2D eigenvalue weighted by atomic mass is 9.95. The molecule has 0 saturated carbocycles. The molecule has 108 valence electrons. The first-order chi connectivity index (χ1) is 9.25. The third-order valence-corrected chi connectivity index (χ3v) is 3.26. The van der Waals surface area contributed by atoms with Gasteiger partial charge in [-0.3, -0.25) is 4.79 Å². The zero-order chi connectivity index (χ0) is 15.1. The van der Waals surface area contributed by atoms with E-state index < -0.39 is 18.1 Å². The number of ether oxygens (including phenoxy) is 1. The van der Waals surface area contributed by atoms with Gasteiger partial charge in [0.05, 0.1) is 11.3 Å². The highest BCUT2D eigenvalue weighted by Gasteiger charge is 2.40. The van der Waals surface area contributed by atoms with Crippen LogP contribution in [-0.4, -0.2) is 18.1 Å². The minimum atomic E-state index is -5.01. The van der Waals surface area contributed by atoms with Gasteiger partial charge in [0.15, 0.2) is 0 Å². The van der Waals surface area contributed by atoms with Crippen LogP contribution in [0.3, 0.4) is 0 Å². The zero-order valence-electron chi connectivity index (χ0n) is 10.9. The van der Waals surface area contributed by atoms with Crippen LogP contribution in [0.25, 0.3) is 0 Å². The summed E-state index contributed by atoms with van der Waals surface area (Å²) in [6.45, 7) is 3.62. The summed E-state index contributed by atoms with van der Waals surface area (Å²) in [5, 5.41) is 1.75. The topological polar surface area (TPSA) is 55.4 Å². The van der Waals surface area contributed by atoms with Crippen molar-refractivity contribution in [3.63, 3.8) is 0 Å². The van der Waals surface area contributed by atoms with E-state index in [1.165, 1.54) is 6.07 Å². The number of carbonyl (C=O) groups is 2. The van der Waals surface area contributed by atoms with Gasteiger partial charge in [-0.2, -0.15) is 13.2 Å². The number of hydrogen-bond donors (Lipinski definition) is 1. The summed E-state index contributed by atoms with van der Waals surface area (Å²) in [5.74, 6) is -2.83. The van der Waals surface area contributed by atoms with E-state index in [0.717, 1.165) is 11.1 Å². The lowest BCUT2D eigenvalue weighted by Gasteiger charge is -2.14. The van der Waals surface area contributed by atoms with E-state index in [1.807, 2.05) is 6.92 Å². The Balaban J connectivity index is 2.51. The first kappa shape index (κ1) is 14.4. The minimum absolute atomic E-state index is 0.0114. The molecule has 0 atom stereocenters. The van der Waals surface area contributed by atoms with E-state index in [1.54, 1.807) is 12.2 Å². The van der Waals surface area contributed by atoms with Crippen LogP contribution < -0.4 is 5.32 Å².